The Morgan fingerprint density at radius 1 is 0.891 bits per heavy atom. The Balaban J connectivity index is 1.05. The van der Waals surface area contributed by atoms with Crippen LogP contribution in [0.3, 0.4) is 0 Å². The van der Waals surface area contributed by atoms with Gasteiger partial charge in [0.05, 0.1) is 61.9 Å². The van der Waals surface area contributed by atoms with Crippen LogP contribution in [0.4, 0.5) is 9.59 Å². The molecule has 2 aromatic heterocycles. The zero-order valence-electron chi connectivity index (χ0n) is 37.7. The van der Waals surface area contributed by atoms with Gasteiger partial charge in [0.25, 0.3) is 0 Å². The number of aromatic nitrogens is 4. The van der Waals surface area contributed by atoms with Gasteiger partial charge in [-0.3, -0.25) is 9.59 Å². The van der Waals surface area contributed by atoms with Crippen LogP contribution in [0.1, 0.15) is 82.7 Å². The van der Waals surface area contributed by atoms with Crippen molar-refractivity contribution in [2.24, 2.45) is 11.8 Å². The SMILES string of the molecule is CC[C@H](C)[C@H](NC(=O)OC)C(=O)N1C[C@@H](COC)C[C@H]1c1nc2c(ccc3cc4c(cc32)OCc2cc(-c3cnc([C@@H]5CC[C@H](C)N5C(=O)[C@@H](NC(=O)OC)[C@@H](C)OC)[nH]3)ccc2-4)[nH]1. The molecular formula is C47H58N8O9. The third kappa shape index (κ3) is 8.33. The van der Waals surface area contributed by atoms with Crippen molar-refractivity contribution in [3.8, 4) is 28.1 Å². The van der Waals surface area contributed by atoms with Crippen molar-refractivity contribution in [1.82, 2.24) is 40.4 Å². The van der Waals surface area contributed by atoms with Gasteiger partial charge in [0.2, 0.25) is 11.8 Å². The van der Waals surface area contributed by atoms with Gasteiger partial charge < -0.3 is 54.1 Å². The van der Waals surface area contributed by atoms with Crippen LogP contribution < -0.4 is 15.4 Å². The fraction of sp³-hybridized carbons (Fsp3) is 0.489. The second-order valence-electron chi connectivity index (χ2n) is 17.3. The molecule has 0 spiro atoms. The van der Waals surface area contributed by atoms with Gasteiger partial charge in [-0.05, 0) is 85.4 Å². The third-order valence-electron chi connectivity index (χ3n) is 13.4. The predicted molar refractivity (Wildman–Crippen MR) is 238 cm³/mol. The summed E-state index contributed by atoms with van der Waals surface area (Å²) >= 11 is 0. The first kappa shape index (κ1) is 44.4. The van der Waals surface area contributed by atoms with E-state index in [9.17, 15) is 19.2 Å². The molecule has 3 aliphatic heterocycles. The van der Waals surface area contributed by atoms with Gasteiger partial charge in [0.15, 0.2) is 0 Å². The van der Waals surface area contributed by atoms with Crippen molar-refractivity contribution in [2.45, 2.75) is 96.3 Å². The minimum Gasteiger partial charge on any atom is -0.488 e. The quantitative estimate of drug-likeness (QED) is 0.0971. The summed E-state index contributed by atoms with van der Waals surface area (Å²) in [6.45, 7) is 9.00. The van der Waals surface area contributed by atoms with Crippen molar-refractivity contribution in [2.75, 3.05) is 41.6 Å². The van der Waals surface area contributed by atoms with Crippen LogP contribution in [0, 0.1) is 11.8 Å². The number of aromatic amines is 2. The number of carbonyl (C=O) groups is 4. The summed E-state index contributed by atoms with van der Waals surface area (Å²) in [5.74, 6) is 1.63. The molecule has 0 unspecified atom stereocenters. The van der Waals surface area contributed by atoms with E-state index in [1.165, 1.54) is 21.3 Å². The zero-order chi connectivity index (χ0) is 45.4. The van der Waals surface area contributed by atoms with Crippen molar-refractivity contribution < 1.29 is 42.9 Å². The number of hydrogen-bond donors (Lipinski definition) is 4. The van der Waals surface area contributed by atoms with E-state index >= 15 is 0 Å². The standard InChI is InChI=1S/C47H58N8O9/c1-9-24(2)39(52-46(58)62-7)44(56)54-21-27(22-60-5)16-37(54)43-49-34-14-12-28-18-33-31-13-11-29(17-30(31)23-64-38(33)19-32(28)41(34)51-43)35-20-48-42(50-35)36-15-10-25(3)55(36)45(57)40(26(4)61-6)53-47(59)63-8/h11-14,17-20,24-27,36-37,39-40H,9-10,15-16,21-23H2,1-8H3,(H,48,50)(H,49,51)(H,52,58)(H,53,59)/t24-,25-,26+,27-,36-,37-,39-,40-/m0/s1. The maximum absolute atomic E-state index is 14.2. The lowest BCUT2D eigenvalue weighted by Gasteiger charge is -2.33. The van der Waals surface area contributed by atoms with E-state index in [-0.39, 0.29) is 41.8 Å². The number of alkyl carbamates (subject to hydrolysis) is 2. The number of H-pyrrole nitrogens is 2. The average Bonchev–Trinajstić information content (AvgIpc) is 4.14. The van der Waals surface area contributed by atoms with Crippen molar-refractivity contribution in [1.29, 1.82) is 0 Å². The summed E-state index contributed by atoms with van der Waals surface area (Å²) < 4.78 is 27.1. The molecule has 2 fully saturated rings. The molecule has 3 aromatic carbocycles. The number of hydrogen-bond acceptors (Lipinski definition) is 11. The first-order valence-electron chi connectivity index (χ1n) is 22.0. The lowest BCUT2D eigenvalue weighted by atomic mass is 9.92. The normalized spacial score (nSPS) is 21.1. The lowest BCUT2D eigenvalue weighted by Crippen LogP contribution is -2.55. The van der Waals surface area contributed by atoms with E-state index in [1.807, 2.05) is 31.7 Å². The summed E-state index contributed by atoms with van der Waals surface area (Å²) in [5.41, 5.74) is 6.43. The number of ether oxygens (including phenoxy) is 5. The average molecular weight is 879 g/mol. The minimum absolute atomic E-state index is 0.0759. The Kier molecular flexibility index (Phi) is 12.8. The highest BCUT2D eigenvalue weighted by atomic mass is 16.5. The van der Waals surface area contributed by atoms with E-state index in [0.717, 1.165) is 61.9 Å². The highest BCUT2D eigenvalue weighted by Gasteiger charge is 2.43. The fourth-order valence-electron chi connectivity index (χ4n) is 9.60. The molecule has 0 saturated carbocycles. The van der Waals surface area contributed by atoms with Gasteiger partial charge >= 0.3 is 12.2 Å². The van der Waals surface area contributed by atoms with Gasteiger partial charge in [-0.15, -0.1) is 0 Å². The van der Waals surface area contributed by atoms with Crippen molar-refractivity contribution >= 4 is 45.8 Å². The number of nitrogens with one attached hydrogen (secondary N) is 4. The molecule has 340 valence electrons. The molecule has 5 aromatic rings. The molecule has 0 bridgehead atoms. The molecule has 8 rings (SSSR count). The Hall–Kier alpha value is -6.20. The van der Waals surface area contributed by atoms with Crippen LogP contribution in [0.5, 0.6) is 5.75 Å². The monoisotopic (exact) mass is 878 g/mol. The van der Waals surface area contributed by atoms with E-state index in [4.69, 9.17) is 33.7 Å². The Labute approximate surface area is 371 Å². The largest absolute Gasteiger partial charge is 0.488 e. The molecule has 0 aliphatic carbocycles. The number of amides is 4. The van der Waals surface area contributed by atoms with Crippen LogP contribution in [0.25, 0.3) is 44.2 Å². The predicted octanol–water partition coefficient (Wildman–Crippen LogP) is 6.78. The maximum Gasteiger partial charge on any atom is 0.407 e. The van der Waals surface area contributed by atoms with Crippen LogP contribution in [0.2, 0.25) is 0 Å². The van der Waals surface area contributed by atoms with Crippen LogP contribution in [0.15, 0.2) is 48.7 Å². The van der Waals surface area contributed by atoms with Crippen LogP contribution >= 0.6 is 0 Å². The maximum atomic E-state index is 14.2. The zero-order valence-corrected chi connectivity index (χ0v) is 37.7. The highest BCUT2D eigenvalue weighted by molar-refractivity contribution is 6.07. The summed E-state index contributed by atoms with van der Waals surface area (Å²) in [6, 6.07) is 12.1. The van der Waals surface area contributed by atoms with E-state index in [1.54, 1.807) is 25.1 Å². The second kappa shape index (κ2) is 18.5. The molecule has 0 radical (unpaired) electrons. The van der Waals surface area contributed by atoms with E-state index in [2.05, 4.69) is 57.0 Å². The second-order valence-corrected chi connectivity index (χ2v) is 17.3. The lowest BCUT2D eigenvalue weighted by molar-refractivity contribution is -0.139. The highest BCUT2D eigenvalue weighted by Crippen LogP contribution is 2.44. The van der Waals surface area contributed by atoms with Crippen LogP contribution in [-0.4, -0.2) is 120 Å². The van der Waals surface area contributed by atoms with E-state index < -0.39 is 30.4 Å². The topological polar surface area (TPSA) is 202 Å². The van der Waals surface area contributed by atoms with Crippen molar-refractivity contribution in [3.05, 3.63) is 65.9 Å². The van der Waals surface area contributed by atoms with Gasteiger partial charge in [-0.25, -0.2) is 19.6 Å². The first-order valence-corrected chi connectivity index (χ1v) is 22.0. The van der Waals surface area contributed by atoms with E-state index in [0.29, 0.717) is 50.7 Å². The van der Waals surface area contributed by atoms with Gasteiger partial charge in [0.1, 0.15) is 36.1 Å². The Morgan fingerprint density at radius 3 is 2.38 bits per heavy atom. The third-order valence-corrected chi connectivity index (χ3v) is 13.4. The number of likely N-dealkylation sites (tertiary alicyclic amines) is 2. The fourth-order valence-corrected chi connectivity index (χ4v) is 9.60. The van der Waals surface area contributed by atoms with Crippen LogP contribution in [-0.2, 0) is 35.1 Å². The molecule has 8 atom stereocenters. The minimum atomic E-state index is -0.931. The summed E-state index contributed by atoms with van der Waals surface area (Å²) in [4.78, 5) is 73.2. The molecule has 4 N–H and O–H groups in total. The summed E-state index contributed by atoms with van der Waals surface area (Å²) in [6.07, 6.45) is 2.71. The summed E-state index contributed by atoms with van der Waals surface area (Å²) in [7, 11) is 5.72. The van der Waals surface area contributed by atoms with Crippen molar-refractivity contribution in [3.63, 3.8) is 0 Å². The molecule has 17 heteroatoms. The molecule has 64 heavy (non-hydrogen) atoms. The Morgan fingerprint density at radius 2 is 1.66 bits per heavy atom. The van der Waals surface area contributed by atoms with Gasteiger partial charge in [-0.1, -0.05) is 38.5 Å². The molecular weight excluding hydrogens is 821 g/mol. The number of rotatable bonds is 13. The molecule has 4 amide bonds. The Bertz CT molecular complexity index is 2560. The number of imidazole rings is 2. The van der Waals surface area contributed by atoms with Gasteiger partial charge in [0, 0.05) is 43.7 Å². The number of nitrogens with zero attached hydrogens (tertiary/aromatic N) is 4. The molecule has 2 saturated heterocycles. The molecule has 3 aliphatic rings. The van der Waals surface area contributed by atoms with Gasteiger partial charge in [-0.2, -0.15) is 0 Å². The smallest absolute Gasteiger partial charge is 0.407 e. The first-order chi connectivity index (χ1) is 30.9. The number of fused-ring (bicyclic) bond motifs is 6. The number of benzene rings is 3. The molecule has 5 heterocycles. The molecule has 17 nitrogen and oxygen atoms in total. The summed E-state index contributed by atoms with van der Waals surface area (Å²) in [5, 5.41) is 7.35. The number of methoxy groups -OCH3 is 4. The number of carbonyl (C=O) groups excluding carboxylic acids is 4.